The molecule has 7 nitrogen and oxygen atoms in total. The van der Waals surface area contributed by atoms with Gasteiger partial charge in [0.25, 0.3) is 5.91 Å². The topological polar surface area (TPSA) is 106 Å². The number of carbonyl (C=O) groups excluding carboxylic acids is 1. The zero-order valence-electron chi connectivity index (χ0n) is 14.3. The van der Waals surface area contributed by atoms with Crippen LogP contribution in [0.25, 0.3) is 11.0 Å². The Morgan fingerprint density at radius 1 is 1.11 bits per heavy atom. The van der Waals surface area contributed by atoms with Gasteiger partial charge in [-0.25, -0.2) is 4.79 Å². The SMILES string of the molecule is Nc1ccccc1NC(=O)c1ccc(Cn2c(=O)[nH]c3cnccc32)cc1. The predicted octanol–water partition coefficient (Wildman–Crippen LogP) is 2.61. The molecule has 4 aromatic rings. The molecule has 2 aromatic carbocycles. The molecule has 2 aromatic heterocycles. The second-order valence-corrected chi connectivity index (χ2v) is 6.15. The molecule has 134 valence electrons. The van der Waals surface area contributed by atoms with Crippen LogP contribution in [0.1, 0.15) is 15.9 Å². The highest BCUT2D eigenvalue weighted by atomic mass is 16.2. The molecule has 1 amide bonds. The minimum atomic E-state index is -0.241. The summed E-state index contributed by atoms with van der Waals surface area (Å²) in [6, 6.07) is 16.0. The van der Waals surface area contributed by atoms with E-state index in [0.29, 0.717) is 29.0 Å². The Balaban J connectivity index is 1.54. The molecule has 27 heavy (non-hydrogen) atoms. The molecule has 4 N–H and O–H groups in total. The number of nitrogens with two attached hydrogens (primary N) is 1. The standard InChI is InChI=1S/C20H17N5O2/c21-15-3-1-2-4-16(15)23-19(26)14-7-5-13(6-8-14)12-25-18-9-10-22-11-17(18)24-20(25)27/h1-11H,12,21H2,(H,23,26)(H,24,27). The maximum Gasteiger partial charge on any atom is 0.326 e. The zero-order valence-corrected chi connectivity index (χ0v) is 14.3. The first-order valence-electron chi connectivity index (χ1n) is 8.39. The van der Waals surface area contributed by atoms with Gasteiger partial charge in [0.2, 0.25) is 0 Å². The molecule has 0 bridgehead atoms. The number of carbonyl (C=O) groups is 1. The summed E-state index contributed by atoms with van der Waals surface area (Å²) in [5.41, 5.74) is 9.64. The molecule has 0 aliphatic heterocycles. The van der Waals surface area contributed by atoms with Gasteiger partial charge >= 0.3 is 5.69 Å². The number of hydrogen-bond donors (Lipinski definition) is 3. The molecular formula is C20H17N5O2. The molecule has 0 atom stereocenters. The fourth-order valence-corrected chi connectivity index (χ4v) is 2.92. The van der Waals surface area contributed by atoms with Crippen LogP contribution in [0.15, 0.2) is 71.8 Å². The molecule has 0 saturated carbocycles. The summed E-state index contributed by atoms with van der Waals surface area (Å²) in [6.45, 7) is 0.399. The predicted molar refractivity (Wildman–Crippen MR) is 105 cm³/mol. The summed E-state index contributed by atoms with van der Waals surface area (Å²) in [4.78, 5) is 31.3. The van der Waals surface area contributed by atoms with Crippen molar-refractivity contribution in [2.75, 3.05) is 11.1 Å². The van der Waals surface area contributed by atoms with Gasteiger partial charge in [-0.05, 0) is 35.9 Å². The summed E-state index contributed by atoms with van der Waals surface area (Å²) < 4.78 is 1.64. The first-order chi connectivity index (χ1) is 13.1. The van der Waals surface area contributed by atoms with E-state index >= 15 is 0 Å². The van der Waals surface area contributed by atoms with Gasteiger partial charge in [-0.3, -0.25) is 14.3 Å². The first-order valence-corrected chi connectivity index (χ1v) is 8.39. The van der Waals surface area contributed by atoms with E-state index in [-0.39, 0.29) is 11.6 Å². The van der Waals surface area contributed by atoms with E-state index in [1.165, 1.54) is 0 Å². The lowest BCUT2D eigenvalue weighted by atomic mass is 10.1. The van der Waals surface area contributed by atoms with Crippen LogP contribution in [0.4, 0.5) is 11.4 Å². The van der Waals surface area contributed by atoms with Gasteiger partial charge in [-0.15, -0.1) is 0 Å². The van der Waals surface area contributed by atoms with Crippen molar-refractivity contribution in [2.24, 2.45) is 0 Å². The van der Waals surface area contributed by atoms with Crippen molar-refractivity contribution in [1.82, 2.24) is 14.5 Å². The molecule has 0 spiro atoms. The number of nitrogens with zero attached hydrogens (tertiary/aromatic N) is 2. The van der Waals surface area contributed by atoms with Gasteiger partial charge in [0.1, 0.15) is 0 Å². The quantitative estimate of drug-likeness (QED) is 0.487. The number of rotatable bonds is 4. The van der Waals surface area contributed by atoms with Crippen LogP contribution >= 0.6 is 0 Å². The minimum absolute atomic E-state index is 0.195. The molecule has 7 heteroatoms. The average Bonchev–Trinajstić information content (AvgIpc) is 2.99. The Morgan fingerprint density at radius 2 is 1.89 bits per heavy atom. The Morgan fingerprint density at radius 3 is 2.67 bits per heavy atom. The summed E-state index contributed by atoms with van der Waals surface area (Å²) >= 11 is 0. The third kappa shape index (κ3) is 3.30. The smallest absolute Gasteiger partial charge is 0.326 e. The fourth-order valence-electron chi connectivity index (χ4n) is 2.92. The molecular weight excluding hydrogens is 342 g/mol. The molecule has 0 aliphatic carbocycles. The highest BCUT2D eigenvalue weighted by Gasteiger charge is 2.10. The third-order valence-corrected chi connectivity index (χ3v) is 4.34. The van der Waals surface area contributed by atoms with E-state index in [1.54, 1.807) is 47.3 Å². The van der Waals surface area contributed by atoms with Crippen LogP contribution < -0.4 is 16.7 Å². The number of pyridine rings is 1. The van der Waals surface area contributed by atoms with Crippen molar-refractivity contribution < 1.29 is 4.79 Å². The lowest BCUT2D eigenvalue weighted by Crippen LogP contribution is -2.17. The fraction of sp³-hybridized carbons (Fsp3) is 0.0500. The summed E-state index contributed by atoms with van der Waals surface area (Å²) in [6.07, 6.45) is 3.27. The highest BCUT2D eigenvalue weighted by molar-refractivity contribution is 6.05. The molecule has 0 saturated heterocycles. The number of hydrogen-bond acceptors (Lipinski definition) is 4. The maximum absolute atomic E-state index is 12.4. The monoisotopic (exact) mass is 359 g/mol. The van der Waals surface area contributed by atoms with Crippen LogP contribution in [0.2, 0.25) is 0 Å². The highest BCUT2D eigenvalue weighted by Crippen LogP contribution is 2.18. The minimum Gasteiger partial charge on any atom is -0.397 e. The lowest BCUT2D eigenvalue weighted by molar-refractivity contribution is 0.102. The summed E-state index contributed by atoms with van der Waals surface area (Å²) in [7, 11) is 0. The van der Waals surface area contributed by atoms with Gasteiger partial charge in [-0.1, -0.05) is 24.3 Å². The normalized spacial score (nSPS) is 10.8. The largest absolute Gasteiger partial charge is 0.397 e. The number of benzene rings is 2. The van der Waals surface area contributed by atoms with Gasteiger partial charge in [-0.2, -0.15) is 0 Å². The van der Waals surface area contributed by atoms with E-state index in [1.807, 2.05) is 24.3 Å². The van der Waals surface area contributed by atoms with Crippen molar-refractivity contribution >= 4 is 28.3 Å². The van der Waals surface area contributed by atoms with Crippen molar-refractivity contribution in [1.29, 1.82) is 0 Å². The van der Waals surface area contributed by atoms with Crippen molar-refractivity contribution in [3.8, 4) is 0 Å². The van der Waals surface area contributed by atoms with Crippen LogP contribution in [0, 0.1) is 0 Å². The van der Waals surface area contributed by atoms with Gasteiger partial charge < -0.3 is 16.0 Å². The number of amides is 1. The number of aromatic nitrogens is 3. The van der Waals surface area contributed by atoms with E-state index in [0.717, 1.165) is 11.1 Å². The molecule has 0 radical (unpaired) electrons. The van der Waals surface area contributed by atoms with Crippen molar-refractivity contribution in [3.05, 3.63) is 88.6 Å². The summed E-state index contributed by atoms with van der Waals surface area (Å²) in [5.74, 6) is -0.241. The second-order valence-electron chi connectivity index (χ2n) is 6.15. The van der Waals surface area contributed by atoms with Gasteiger partial charge in [0.15, 0.2) is 0 Å². The molecule has 0 aliphatic rings. The van der Waals surface area contributed by atoms with E-state index in [9.17, 15) is 9.59 Å². The molecule has 2 heterocycles. The zero-order chi connectivity index (χ0) is 18.8. The maximum atomic E-state index is 12.4. The third-order valence-electron chi connectivity index (χ3n) is 4.34. The Kier molecular flexibility index (Phi) is 4.18. The van der Waals surface area contributed by atoms with E-state index in [4.69, 9.17) is 5.73 Å². The van der Waals surface area contributed by atoms with Crippen molar-refractivity contribution in [3.63, 3.8) is 0 Å². The molecule has 4 rings (SSSR count). The van der Waals surface area contributed by atoms with Crippen LogP contribution in [0.3, 0.4) is 0 Å². The van der Waals surface area contributed by atoms with E-state index < -0.39 is 0 Å². The first kappa shape index (κ1) is 16.6. The number of imidazole rings is 1. The van der Waals surface area contributed by atoms with Gasteiger partial charge in [0.05, 0.1) is 35.1 Å². The summed E-state index contributed by atoms with van der Waals surface area (Å²) in [5, 5.41) is 2.79. The number of H-pyrrole nitrogens is 1. The number of aromatic amines is 1. The van der Waals surface area contributed by atoms with Crippen LogP contribution in [0.5, 0.6) is 0 Å². The second kappa shape index (κ2) is 6.80. The number of fused-ring (bicyclic) bond motifs is 1. The van der Waals surface area contributed by atoms with Crippen LogP contribution in [-0.2, 0) is 6.54 Å². The average molecular weight is 359 g/mol. The lowest BCUT2D eigenvalue weighted by Gasteiger charge is -2.09. The Bertz CT molecular complexity index is 1170. The Labute approximate surface area is 154 Å². The van der Waals surface area contributed by atoms with Gasteiger partial charge in [0, 0.05) is 11.8 Å². The molecule has 0 fully saturated rings. The van der Waals surface area contributed by atoms with E-state index in [2.05, 4.69) is 15.3 Å². The van der Waals surface area contributed by atoms with Crippen LogP contribution in [-0.4, -0.2) is 20.4 Å². The number of anilines is 2. The Hall–Kier alpha value is -3.87. The number of nitrogens with one attached hydrogen (secondary N) is 2. The number of nitrogen functional groups attached to an aromatic ring is 1. The number of para-hydroxylation sites is 2. The van der Waals surface area contributed by atoms with Crippen molar-refractivity contribution in [2.45, 2.75) is 6.54 Å². The molecule has 0 unspecified atom stereocenters.